The first kappa shape index (κ1) is 19.4. The van der Waals surface area contributed by atoms with Gasteiger partial charge in [0, 0.05) is 41.9 Å². The molecule has 0 aliphatic carbocycles. The lowest BCUT2D eigenvalue weighted by atomic mass is 10.2. The van der Waals surface area contributed by atoms with E-state index >= 15 is 0 Å². The third-order valence-electron chi connectivity index (χ3n) is 2.44. The number of hydrogen-bond donors (Lipinski definition) is 2. The van der Waals surface area contributed by atoms with E-state index in [1.807, 2.05) is 30.3 Å². The van der Waals surface area contributed by atoms with Gasteiger partial charge in [0.25, 0.3) is 0 Å². The molecule has 0 bridgehead atoms. The van der Waals surface area contributed by atoms with Crippen LogP contribution in [0.25, 0.3) is 0 Å². The molecule has 1 aromatic carbocycles. The van der Waals surface area contributed by atoms with Crippen LogP contribution in [0.1, 0.15) is 19.4 Å². The number of aliphatic imine (C=N–C) groups is 1. The molecule has 114 valence electrons. The molecule has 1 rings (SSSR count). The van der Waals surface area contributed by atoms with Crippen molar-refractivity contribution < 1.29 is 4.21 Å². The van der Waals surface area contributed by atoms with Crippen LogP contribution in [0.4, 0.5) is 0 Å². The smallest absolute Gasteiger partial charge is 0.191 e. The Balaban J connectivity index is 0.00000361. The fourth-order valence-corrected chi connectivity index (χ4v) is 2.62. The molecule has 1 atom stereocenters. The molecular weight excluding hydrogens is 385 g/mol. The molecule has 0 aliphatic rings. The zero-order valence-corrected chi connectivity index (χ0v) is 15.4. The first-order valence-electron chi connectivity index (χ1n) is 6.48. The molecule has 4 nitrogen and oxygen atoms in total. The van der Waals surface area contributed by atoms with Gasteiger partial charge in [-0.05, 0) is 19.4 Å². The predicted molar refractivity (Wildman–Crippen MR) is 98.2 cm³/mol. The topological polar surface area (TPSA) is 53.5 Å². The maximum atomic E-state index is 11.9. The van der Waals surface area contributed by atoms with Crippen LogP contribution in [-0.4, -0.2) is 35.6 Å². The summed E-state index contributed by atoms with van der Waals surface area (Å²) in [6.07, 6.45) is 0. The van der Waals surface area contributed by atoms with Crippen molar-refractivity contribution in [2.45, 2.75) is 25.6 Å². The summed E-state index contributed by atoms with van der Waals surface area (Å²) in [6.45, 7) is 4.77. The van der Waals surface area contributed by atoms with Crippen molar-refractivity contribution in [3.63, 3.8) is 0 Å². The van der Waals surface area contributed by atoms with Crippen molar-refractivity contribution in [1.29, 1.82) is 0 Å². The average molecular weight is 409 g/mol. The zero-order chi connectivity index (χ0) is 14.1. The van der Waals surface area contributed by atoms with Crippen molar-refractivity contribution in [3.05, 3.63) is 35.9 Å². The summed E-state index contributed by atoms with van der Waals surface area (Å²) in [6, 6.07) is 10.3. The van der Waals surface area contributed by atoms with E-state index in [1.54, 1.807) is 7.05 Å². The molecule has 0 aromatic heterocycles. The minimum absolute atomic E-state index is 0. The Labute approximate surface area is 141 Å². The van der Waals surface area contributed by atoms with Gasteiger partial charge in [0.15, 0.2) is 5.96 Å². The van der Waals surface area contributed by atoms with Crippen LogP contribution in [0.5, 0.6) is 0 Å². The van der Waals surface area contributed by atoms with Crippen LogP contribution in [0.2, 0.25) is 0 Å². The van der Waals surface area contributed by atoms with Crippen LogP contribution in [0, 0.1) is 0 Å². The molecule has 6 heteroatoms. The lowest BCUT2D eigenvalue weighted by Gasteiger charge is -2.14. The van der Waals surface area contributed by atoms with Crippen LogP contribution in [0.3, 0.4) is 0 Å². The second-order valence-electron chi connectivity index (χ2n) is 4.57. The van der Waals surface area contributed by atoms with Gasteiger partial charge in [0.05, 0.1) is 0 Å². The van der Waals surface area contributed by atoms with E-state index in [1.165, 1.54) is 0 Å². The number of hydrogen-bond acceptors (Lipinski definition) is 2. The molecule has 1 unspecified atom stereocenters. The Bertz CT molecular complexity index is 424. The van der Waals surface area contributed by atoms with Gasteiger partial charge in [-0.3, -0.25) is 9.20 Å². The summed E-state index contributed by atoms with van der Waals surface area (Å²) in [5.74, 6) is 1.98. The van der Waals surface area contributed by atoms with Crippen LogP contribution >= 0.6 is 24.0 Å². The first-order valence-corrected chi connectivity index (χ1v) is 7.96. The number of rotatable bonds is 6. The number of nitrogens with one attached hydrogen (secondary N) is 2. The van der Waals surface area contributed by atoms with E-state index in [4.69, 9.17) is 0 Å². The van der Waals surface area contributed by atoms with E-state index in [0.717, 1.165) is 11.5 Å². The fraction of sp³-hybridized carbons (Fsp3) is 0.500. The highest BCUT2D eigenvalue weighted by Crippen LogP contribution is 2.02. The molecule has 0 fully saturated rings. The maximum absolute atomic E-state index is 11.9. The standard InChI is InChI=1S/C14H23N3OS.HI/c1-12(2)17-14(15-3)16-9-10-19(18)11-13-7-5-4-6-8-13;/h4-8,12H,9-11H2,1-3H3,(H2,15,16,17);1H. The van der Waals surface area contributed by atoms with Gasteiger partial charge in [0.1, 0.15) is 0 Å². The molecule has 0 saturated heterocycles. The summed E-state index contributed by atoms with van der Waals surface area (Å²) in [5, 5.41) is 6.36. The van der Waals surface area contributed by atoms with Gasteiger partial charge < -0.3 is 10.6 Å². The SMILES string of the molecule is CN=C(NCCS(=O)Cc1ccccc1)NC(C)C.I. The highest BCUT2D eigenvalue weighted by Gasteiger charge is 2.03. The fourth-order valence-electron chi connectivity index (χ4n) is 1.58. The molecule has 0 aliphatic heterocycles. The first-order chi connectivity index (χ1) is 9.11. The molecule has 2 N–H and O–H groups in total. The predicted octanol–water partition coefficient (Wildman–Crippen LogP) is 2.13. The highest BCUT2D eigenvalue weighted by atomic mass is 127. The quantitative estimate of drug-likeness (QED) is 0.430. The maximum Gasteiger partial charge on any atom is 0.191 e. The van der Waals surface area contributed by atoms with Crippen molar-refractivity contribution in [2.75, 3.05) is 19.3 Å². The van der Waals surface area contributed by atoms with E-state index in [0.29, 0.717) is 24.1 Å². The molecule has 0 saturated carbocycles. The van der Waals surface area contributed by atoms with Crippen LogP contribution < -0.4 is 10.6 Å². The molecule has 1 aromatic rings. The minimum Gasteiger partial charge on any atom is -0.355 e. The van der Waals surface area contributed by atoms with Crippen molar-refractivity contribution in [1.82, 2.24) is 10.6 Å². The Kier molecular flexibility index (Phi) is 10.7. The van der Waals surface area contributed by atoms with E-state index < -0.39 is 10.8 Å². The van der Waals surface area contributed by atoms with E-state index in [-0.39, 0.29) is 24.0 Å². The van der Waals surface area contributed by atoms with E-state index in [2.05, 4.69) is 29.5 Å². The van der Waals surface area contributed by atoms with Crippen molar-refractivity contribution >= 4 is 40.7 Å². The van der Waals surface area contributed by atoms with Gasteiger partial charge >= 0.3 is 0 Å². The molecule has 20 heavy (non-hydrogen) atoms. The molecule has 0 heterocycles. The van der Waals surface area contributed by atoms with Gasteiger partial charge in [-0.15, -0.1) is 24.0 Å². The average Bonchev–Trinajstić information content (AvgIpc) is 2.38. The lowest BCUT2D eigenvalue weighted by Crippen LogP contribution is -2.42. The number of halogens is 1. The second kappa shape index (κ2) is 11.1. The Morgan fingerprint density at radius 3 is 2.50 bits per heavy atom. The van der Waals surface area contributed by atoms with Gasteiger partial charge in [-0.1, -0.05) is 30.3 Å². The summed E-state index contributed by atoms with van der Waals surface area (Å²) in [5.41, 5.74) is 1.12. The molecule has 0 spiro atoms. The van der Waals surface area contributed by atoms with Gasteiger partial charge in [0.2, 0.25) is 0 Å². The highest BCUT2D eigenvalue weighted by molar-refractivity contribution is 14.0. The van der Waals surface area contributed by atoms with Gasteiger partial charge in [-0.2, -0.15) is 0 Å². The third kappa shape index (κ3) is 8.52. The number of benzene rings is 1. The zero-order valence-electron chi connectivity index (χ0n) is 12.3. The Morgan fingerprint density at radius 2 is 1.95 bits per heavy atom. The number of guanidine groups is 1. The summed E-state index contributed by atoms with van der Waals surface area (Å²) in [4.78, 5) is 4.10. The Hall–Kier alpha value is -0.630. The normalized spacial score (nSPS) is 12.7. The summed E-state index contributed by atoms with van der Waals surface area (Å²) >= 11 is 0. The molecular formula is C14H24IN3OS. The third-order valence-corrected chi connectivity index (χ3v) is 3.76. The summed E-state index contributed by atoms with van der Waals surface area (Å²) in [7, 11) is 0.887. The van der Waals surface area contributed by atoms with Crippen molar-refractivity contribution in [2.24, 2.45) is 4.99 Å². The lowest BCUT2D eigenvalue weighted by molar-refractivity contribution is 0.678. The van der Waals surface area contributed by atoms with Crippen molar-refractivity contribution in [3.8, 4) is 0 Å². The monoisotopic (exact) mass is 409 g/mol. The van der Waals surface area contributed by atoms with Crippen LogP contribution in [0.15, 0.2) is 35.3 Å². The van der Waals surface area contributed by atoms with Gasteiger partial charge in [-0.25, -0.2) is 0 Å². The number of nitrogens with zero attached hydrogens (tertiary/aromatic N) is 1. The molecule has 0 radical (unpaired) electrons. The minimum atomic E-state index is -0.847. The molecule has 0 amide bonds. The van der Waals surface area contributed by atoms with Crippen LogP contribution in [-0.2, 0) is 16.6 Å². The second-order valence-corrected chi connectivity index (χ2v) is 6.15. The largest absolute Gasteiger partial charge is 0.355 e. The Morgan fingerprint density at radius 1 is 1.30 bits per heavy atom. The van der Waals surface area contributed by atoms with E-state index in [9.17, 15) is 4.21 Å². The summed E-state index contributed by atoms with van der Waals surface area (Å²) < 4.78 is 11.9.